The molecule has 0 bridgehead atoms. The Morgan fingerprint density at radius 2 is 2.13 bits per heavy atom. The molecule has 0 aliphatic heterocycles. The molecule has 0 fully saturated rings. The summed E-state index contributed by atoms with van der Waals surface area (Å²) in [6, 6.07) is -0.973. The SMILES string of the molecule is COCC(C)C[C@H](N)C(=O)OP(N)(=O)O. The molecule has 0 aliphatic rings. The third kappa shape index (κ3) is 7.47. The van der Waals surface area contributed by atoms with Gasteiger partial charge >= 0.3 is 13.7 Å². The molecule has 7 nitrogen and oxygen atoms in total. The Hall–Kier alpha value is -0.460. The van der Waals surface area contributed by atoms with Crippen LogP contribution in [0.25, 0.3) is 0 Å². The first-order valence-corrected chi connectivity index (χ1v) is 6.00. The number of nitrogens with two attached hydrogens (primary N) is 2. The summed E-state index contributed by atoms with van der Waals surface area (Å²) in [7, 11) is -2.77. The fourth-order valence-corrected chi connectivity index (χ4v) is 1.47. The summed E-state index contributed by atoms with van der Waals surface area (Å²) in [4.78, 5) is 19.7. The van der Waals surface area contributed by atoms with Crippen molar-refractivity contribution < 1.29 is 23.5 Å². The fourth-order valence-electron chi connectivity index (χ4n) is 1.08. The molecule has 8 heteroatoms. The molecule has 2 unspecified atom stereocenters. The van der Waals surface area contributed by atoms with Crippen LogP contribution in [0.3, 0.4) is 0 Å². The van der Waals surface area contributed by atoms with Gasteiger partial charge in [-0.2, -0.15) is 0 Å². The summed E-state index contributed by atoms with van der Waals surface area (Å²) >= 11 is 0. The molecule has 0 amide bonds. The molecule has 0 radical (unpaired) electrons. The molecule has 0 aliphatic carbocycles. The molecule has 3 atom stereocenters. The highest BCUT2D eigenvalue weighted by Gasteiger charge is 2.24. The van der Waals surface area contributed by atoms with Crippen LogP contribution in [-0.2, 0) is 18.6 Å². The van der Waals surface area contributed by atoms with Gasteiger partial charge in [0.05, 0.1) is 0 Å². The van der Waals surface area contributed by atoms with E-state index in [1.165, 1.54) is 7.11 Å². The monoisotopic (exact) mass is 240 g/mol. The van der Waals surface area contributed by atoms with Crippen molar-refractivity contribution in [2.75, 3.05) is 13.7 Å². The minimum atomic E-state index is -4.30. The molecule has 0 saturated carbocycles. The second-order valence-corrected chi connectivity index (χ2v) is 4.69. The highest BCUT2D eigenvalue weighted by Crippen LogP contribution is 2.31. The van der Waals surface area contributed by atoms with Gasteiger partial charge in [-0.25, -0.2) is 14.9 Å². The molecule has 0 rings (SSSR count). The third-order valence-electron chi connectivity index (χ3n) is 1.63. The Bertz CT molecular complexity index is 254. The number of carbonyl (C=O) groups excluding carboxylic acids is 1. The van der Waals surface area contributed by atoms with E-state index >= 15 is 0 Å². The van der Waals surface area contributed by atoms with E-state index in [4.69, 9.17) is 15.4 Å². The van der Waals surface area contributed by atoms with Gasteiger partial charge < -0.3 is 19.9 Å². The summed E-state index contributed by atoms with van der Waals surface area (Å²) in [6.07, 6.45) is 0.298. The molecule has 0 aromatic heterocycles. The number of rotatable bonds is 6. The van der Waals surface area contributed by atoms with Crippen LogP contribution in [-0.4, -0.2) is 30.6 Å². The van der Waals surface area contributed by atoms with Crippen LogP contribution in [0.4, 0.5) is 0 Å². The number of methoxy groups -OCH3 is 1. The van der Waals surface area contributed by atoms with Crippen molar-refractivity contribution in [1.29, 1.82) is 0 Å². The van der Waals surface area contributed by atoms with Crippen LogP contribution in [0, 0.1) is 5.92 Å². The van der Waals surface area contributed by atoms with Crippen molar-refractivity contribution in [2.24, 2.45) is 17.2 Å². The summed E-state index contributed by atoms with van der Waals surface area (Å²) < 4.78 is 19.5. The lowest BCUT2D eigenvalue weighted by molar-refractivity contribution is -0.136. The first-order chi connectivity index (χ1) is 6.76. The van der Waals surface area contributed by atoms with Crippen molar-refractivity contribution in [3.8, 4) is 0 Å². The van der Waals surface area contributed by atoms with E-state index in [2.05, 4.69) is 10.0 Å². The van der Waals surface area contributed by atoms with Gasteiger partial charge in [0, 0.05) is 13.7 Å². The van der Waals surface area contributed by atoms with Gasteiger partial charge in [-0.05, 0) is 12.3 Å². The molecule has 0 saturated heterocycles. The zero-order valence-electron chi connectivity index (χ0n) is 8.75. The fraction of sp³-hybridized carbons (Fsp3) is 0.857. The van der Waals surface area contributed by atoms with E-state index in [1.54, 1.807) is 0 Å². The van der Waals surface area contributed by atoms with Crippen molar-refractivity contribution in [2.45, 2.75) is 19.4 Å². The Labute approximate surface area is 88.3 Å². The molecule has 5 N–H and O–H groups in total. The van der Waals surface area contributed by atoms with Crippen molar-refractivity contribution in [3.63, 3.8) is 0 Å². The predicted molar refractivity (Wildman–Crippen MR) is 53.7 cm³/mol. The molecule has 0 spiro atoms. The van der Waals surface area contributed by atoms with Crippen LogP contribution < -0.4 is 11.2 Å². The summed E-state index contributed by atoms with van der Waals surface area (Å²) in [6.45, 7) is 2.28. The first kappa shape index (κ1) is 14.5. The maximum Gasteiger partial charge on any atom is 0.455 e. The molecule has 15 heavy (non-hydrogen) atoms. The molecular formula is C7H17N2O5P. The third-order valence-corrected chi connectivity index (χ3v) is 2.07. The zero-order chi connectivity index (χ0) is 12.1. The lowest BCUT2D eigenvalue weighted by Gasteiger charge is -2.16. The minimum Gasteiger partial charge on any atom is -0.384 e. The van der Waals surface area contributed by atoms with E-state index in [1.807, 2.05) is 6.92 Å². The standard InChI is InChI=1S/C7H17N2O5P/c1-5(4-13-2)3-6(8)7(10)14-15(9,11)12/h5-6H,3-4,8H2,1-2H3,(H3,9,11,12)/t5?,6-/m0/s1. The van der Waals surface area contributed by atoms with Crippen molar-refractivity contribution >= 4 is 13.7 Å². The van der Waals surface area contributed by atoms with Crippen LogP contribution in [0.1, 0.15) is 13.3 Å². The van der Waals surface area contributed by atoms with Gasteiger partial charge in [0.25, 0.3) is 0 Å². The second kappa shape index (κ2) is 6.19. The van der Waals surface area contributed by atoms with Crippen LogP contribution in [0.15, 0.2) is 0 Å². The number of hydrogen-bond acceptors (Lipinski definition) is 5. The molecular weight excluding hydrogens is 223 g/mol. The van der Waals surface area contributed by atoms with Gasteiger partial charge in [-0.3, -0.25) is 0 Å². The quantitative estimate of drug-likeness (QED) is 0.539. The maximum atomic E-state index is 11.1. The normalized spacial score (nSPS) is 19.0. The van der Waals surface area contributed by atoms with Crippen LogP contribution >= 0.6 is 7.75 Å². The lowest BCUT2D eigenvalue weighted by Crippen LogP contribution is -2.34. The van der Waals surface area contributed by atoms with Crippen LogP contribution in [0.2, 0.25) is 0 Å². The predicted octanol–water partition coefficient (Wildman–Crippen LogP) is -0.411. The average Bonchev–Trinajstić information content (AvgIpc) is 2.00. The number of carbonyl (C=O) groups is 1. The van der Waals surface area contributed by atoms with Gasteiger partial charge in [-0.1, -0.05) is 6.92 Å². The van der Waals surface area contributed by atoms with Crippen molar-refractivity contribution in [3.05, 3.63) is 0 Å². The van der Waals surface area contributed by atoms with Gasteiger partial charge in [-0.15, -0.1) is 0 Å². The highest BCUT2D eigenvalue weighted by atomic mass is 31.2. The second-order valence-electron chi connectivity index (χ2n) is 3.38. The molecule has 0 aromatic rings. The summed E-state index contributed by atoms with van der Waals surface area (Å²) in [5, 5.41) is 0. The minimum absolute atomic E-state index is 0.0494. The molecule has 90 valence electrons. The van der Waals surface area contributed by atoms with E-state index in [-0.39, 0.29) is 5.92 Å². The van der Waals surface area contributed by atoms with E-state index in [0.29, 0.717) is 13.0 Å². The maximum absolute atomic E-state index is 11.1. The topological polar surface area (TPSA) is 125 Å². The largest absolute Gasteiger partial charge is 0.455 e. The zero-order valence-corrected chi connectivity index (χ0v) is 9.65. The number of hydrogen-bond donors (Lipinski definition) is 3. The Balaban J connectivity index is 4.05. The Morgan fingerprint density at radius 1 is 1.60 bits per heavy atom. The van der Waals surface area contributed by atoms with E-state index in [9.17, 15) is 9.36 Å². The Morgan fingerprint density at radius 3 is 2.53 bits per heavy atom. The van der Waals surface area contributed by atoms with Crippen LogP contribution in [0.5, 0.6) is 0 Å². The molecule has 0 heterocycles. The smallest absolute Gasteiger partial charge is 0.384 e. The van der Waals surface area contributed by atoms with Gasteiger partial charge in [0.15, 0.2) is 0 Å². The highest BCUT2D eigenvalue weighted by molar-refractivity contribution is 7.50. The van der Waals surface area contributed by atoms with Gasteiger partial charge in [0.2, 0.25) is 0 Å². The number of ether oxygens (including phenoxy) is 1. The van der Waals surface area contributed by atoms with Gasteiger partial charge in [0.1, 0.15) is 6.04 Å². The van der Waals surface area contributed by atoms with E-state index < -0.39 is 19.8 Å². The lowest BCUT2D eigenvalue weighted by atomic mass is 10.0. The first-order valence-electron chi connectivity index (χ1n) is 4.35. The summed E-state index contributed by atoms with van der Waals surface area (Å²) in [5.74, 6) is -0.931. The Kier molecular flexibility index (Phi) is 6.00. The van der Waals surface area contributed by atoms with Crippen molar-refractivity contribution in [1.82, 2.24) is 0 Å². The average molecular weight is 240 g/mol. The summed E-state index contributed by atoms with van der Waals surface area (Å²) in [5.41, 5.74) is 10.1. The molecule has 0 aromatic carbocycles. The van der Waals surface area contributed by atoms with E-state index in [0.717, 1.165) is 0 Å².